The van der Waals surface area contributed by atoms with Crippen LogP contribution in [0.1, 0.15) is 31.2 Å². The minimum atomic E-state index is -0.353. The molecule has 0 bridgehead atoms. The minimum Gasteiger partial charge on any atom is -0.494 e. The molecule has 0 unspecified atom stereocenters. The monoisotopic (exact) mass is 375 g/mol. The maximum absolute atomic E-state index is 10.8. The summed E-state index contributed by atoms with van der Waals surface area (Å²) in [5, 5.41) is 0. The van der Waals surface area contributed by atoms with Gasteiger partial charge in [0.25, 0.3) is 0 Å². The van der Waals surface area contributed by atoms with Crippen LogP contribution in [0.4, 0.5) is 0 Å². The van der Waals surface area contributed by atoms with Crippen molar-refractivity contribution in [2.45, 2.75) is 32.2 Å². The summed E-state index contributed by atoms with van der Waals surface area (Å²) < 4.78 is 20.8. The number of carbonyl (C=O) groups is 1. The average molecular weight is 376 g/mol. The first-order chi connectivity index (χ1) is 11.8. The molecule has 0 fully saturated rings. The second-order valence-electron chi connectivity index (χ2n) is 5.35. The lowest BCUT2D eigenvalue weighted by atomic mass is 10.2. The van der Waals surface area contributed by atoms with E-state index in [1.165, 1.54) is 7.11 Å². The van der Waals surface area contributed by atoms with Crippen molar-refractivity contribution in [3.8, 4) is 5.75 Å². The number of halogens is 1. The van der Waals surface area contributed by atoms with Crippen molar-refractivity contribution >= 4 is 18.4 Å². The van der Waals surface area contributed by atoms with Crippen LogP contribution < -0.4 is 10.5 Å². The molecule has 1 rings (SSSR count). The molecule has 0 atom stereocenters. The molecule has 6 nitrogen and oxygen atoms in total. The lowest BCUT2D eigenvalue weighted by Gasteiger charge is -2.07. The summed E-state index contributed by atoms with van der Waals surface area (Å²) in [5.41, 5.74) is 6.66. The van der Waals surface area contributed by atoms with Gasteiger partial charge in [-0.15, -0.1) is 12.4 Å². The van der Waals surface area contributed by atoms with Gasteiger partial charge in [-0.1, -0.05) is 12.1 Å². The largest absolute Gasteiger partial charge is 0.494 e. The Labute approximate surface area is 156 Å². The van der Waals surface area contributed by atoms with Crippen molar-refractivity contribution in [2.24, 2.45) is 5.73 Å². The van der Waals surface area contributed by atoms with Gasteiger partial charge in [0.15, 0.2) is 0 Å². The van der Waals surface area contributed by atoms with E-state index in [0.29, 0.717) is 26.4 Å². The predicted molar refractivity (Wildman–Crippen MR) is 99.2 cm³/mol. The van der Waals surface area contributed by atoms with Gasteiger partial charge in [0.2, 0.25) is 0 Å². The number of hydrogen-bond acceptors (Lipinski definition) is 6. The topological polar surface area (TPSA) is 80.0 Å². The molecule has 144 valence electrons. The number of unbranched alkanes of at least 4 members (excludes halogenated alkanes) is 2. The van der Waals surface area contributed by atoms with Gasteiger partial charge in [0, 0.05) is 26.4 Å². The number of rotatable bonds is 14. The zero-order valence-electron chi connectivity index (χ0n) is 14.9. The molecule has 25 heavy (non-hydrogen) atoms. The van der Waals surface area contributed by atoms with Gasteiger partial charge in [-0.25, -0.2) is 4.79 Å². The number of ether oxygens (including phenoxy) is 4. The molecule has 0 aliphatic rings. The second kappa shape index (κ2) is 16.1. The Balaban J connectivity index is 0.00000576. The molecule has 0 amide bonds. The molecule has 0 saturated heterocycles. The van der Waals surface area contributed by atoms with E-state index >= 15 is 0 Å². The molecule has 0 aliphatic carbocycles. The maximum atomic E-state index is 10.8. The molecule has 0 radical (unpaired) electrons. The molecule has 1 aromatic rings. The molecule has 0 heterocycles. The van der Waals surface area contributed by atoms with E-state index < -0.39 is 0 Å². The van der Waals surface area contributed by atoms with Crippen LogP contribution in [0.25, 0.3) is 0 Å². The summed E-state index contributed by atoms with van der Waals surface area (Å²) >= 11 is 0. The fourth-order valence-electron chi connectivity index (χ4n) is 1.97. The smallest absolute Gasteiger partial charge is 0.331 e. The Bertz CT molecular complexity index is 442. The Morgan fingerprint density at radius 3 is 2.24 bits per heavy atom. The molecule has 0 saturated carbocycles. The molecule has 1 aromatic carbocycles. The van der Waals surface area contributed by atoms with Crippen LogP contribution in [0.3, 0.4) is 0 Å². The molecular formula is C18H30ClNO5. The van der Waals surface area contributed by atoms with Crippen LogP contribution in [0.2, 0.25) is 0 Å². The van der Waals surface area contributed by atoms with Crippen molar-refractivity contribution in [3.63, 3.8) is 0 Å². The summed E-state index contributed by atoms with van der Waals surface area (Å²) in [6, 6.07) is 7.87. The maximum Gasteiger partial charge on any atom is 0.331 e. The van der Waals surface area contributed by atoms with E-state index in [4.69, 9.17) is 19.9 Å². The third-order valence-corrected chi connectivity index (χ3v) is 3.39. The number of methoxy groups -OCH3 is 1. The highest BCUT2D eigenvalue weighted by molar-refractivity contribution is 5.85. The first-order valence-electron chi connectivity index (χ1n) is 8.40. The Hall–Kier alpha value is -1.34. The quantitative estimate of drug-likeness (QED) is 0.398. The zero-order chi connectivity index (χ0) is 17.5. The molecule has 7 heteroatoms. The van der Waals surface area contributed by atoms with Gasteiger partial charge in [-0.05, 0) is 43.4 Å². The van der Waals surface area contributed by atoms with Crippen molar-refractivity contribution < 1.29 is 23.7 Å². The van der Waals surface area contributed by atoms with Gasteiger partial charge < -0.3 is 24.7 Å². The van der Waals surface area contributed by atoms with Crippen LogP contribution in [0.15, 0.2) is 24.3 Å². The van der Waals surface area contributed by atoms with Gasteiger partial charge in [0.1, 0.15) is 12.4 Å². The lowest BCUT2D eigenvalue weighted by Crippen LogP contribution is -2.11. The average Bonchev–Trinajstić information content (AvgIpc) is 2.62. The third kappa shape index (κ3) is 12.6. The van der Waals surface area contributed by atoms with Gasteiger partial charge >= 0.3 is 5.97 Å². The van der Waals surface area contributed by atoms with Gasteiger partial charge in [-0.2, -0.15) is 0 Å². The third-order valence-electron chi connectivity index (χ3n) is 3.39. The van der Waals surface area contributed by atoms with Crippen LogP contribution >= 0.6 is 12.4 Å². The number of nitrogens with two attached hydrogens (primary N) is 1. The van der Waals surface area contributed by atoms with Crippen LogP contribution in [-0.2, 0) is 25.5 Å². The first kappa shape index (κ1) is 23.7. The fourth-order valence-corrected chi connectivity index (χ4v) is 1.97. The van der Waals surface area contributed by atoms with E-state index in [1.807, 2.05) is 24.3 Å². The van der Waals surface area contributed by atoms with E-state index in [2.05, 4.69) is 4.74 Å². The SMILES string of the molecule is COC(=O)COCCCOCCCCCOc1ccc(CN)cc1.Cl. The molecule has 2 N–H and O–H groups in total. The normalized spacial score (nSPS) is 10.2. The number of carbonyl (C=O) groups excluding carboxylic acids is 1. The summed E-state index contributed by atoms with van der Waals surface area (Å²) in [6.45, 7) is 3.16. The predicted octanol–water partition coefficient (Wildman–Crippen LogP) is 2.71. The highest BCUT2D eigenvalue weighted by Crippen LogP contribution is 2.12. The highest BCUT2D eigenvalue weighted by Gasteiger charge is 1.99. The molecular weight excluding hydrogens is 346 g/mol. The van der Waals surface area contributed by atoms with Crippen LogP contribution in [0, 0.1) is 0 Å². The Morgan fingerprint density at radius 2 is 1.56 bits per heavy atom. The van der Waals surface area contributed by atoms with Crippen molar-refractivity contribution in [1.29, 1.82) is 0 Å². The van der Waals surface area contributed by atoms with E-state index in [-0.39, 0.29) is 25.0 Å². The van der Waals surface area contributed by atoms with E-state index in [0.717, 1.165) is 43.6 Å². The zero-order valence-corrected chi connectivity index (χ0v) is 15.7. The molecule has 0 aromatic heterocycles. The second-order valence-corrected chi connectivity index (χ2v) is 5.35. The summed E-state index contributed by atoms with van der Waals surface area (Å²) in [6.07, 6.45) is 3.86. The van der Waals surface area contributed by atoms with Crippen molar-refractivity contribution in [3.05, 3.63) is 29.8 Å². The van der Waals surface area contributed by atoms with Crippen molar-refractivity contribution in [2.75, 3.05) is 40.1 Å². The van der Waals surface area contributed by atoms with Crippen LogP contribution in [0.5, 0.6) is 5.75 Å². The highest BCUT2D eigenvalue weighted by atomic mass is 35.5. The van der Waals surface area contributed by atoms with Gasteiger partial charge in [0.05, 0.1) is 13.7 Å². The summed E-state index contributed by atoms with van der Waals surface area (Å²) in [4.78, 5) is 10.8. The molecule has 0 spiro atoms. The van der Waals surface area contributed by atoms with Crippen LogP contribution in [-0.4, -0.2) is 46.1 Å². The van der Waals surface area contributed by atoms with E-state index in [9.17, 15) is 4.79 Å². The Kier molecular flexibility index (Phi) is 15.3. The number of benzene rings is 1. The lowest BCUT2D eigenvalue weighted by molar-refractivity contribution is -0.146. The van der Waals surface area contributed by atoms with E-state index in [1.54, 1.807) is 0 Å². The van der Waals surface area contributed by atoms with Gasteiger partial charge in [-0.3, -0.25) is 0 Å². The summed E-state index contributed by atoms with van der Waals surface area (Å²) in [7, 11) is 1.34. The minimum absolute atomic E-state index is 0. The Morgan fingerprint density at radius 1 is 0.920 bits per heavy atom. The molecule has 0 aliphatic heterocycles. The number of esters is 1. The van der Waals surface area contributed by atoms with Crippen molar-refractivity contribution in [1.82, 2.24) is 0 Å². The number of hydrogen-bond donors (Lipinski definition) is 1. The fraction of sp³-hybridized carbons (Fsp3) is 0.611. The first-order valence-corrected chi connectivity index (χ1v) is 8.40. The summed E-state index contributed by atoms with van der Waals surface area (Å²) in [5.74, 6) is 0.531. The standard InChI is InChI=1S/C18H29NO5.ClH/c1-21-18(20)15-23-12-5-11-22-10-3-2-4-13-24-17-8-6-16(14-19)7-9-17;/h6-9H,2-5,10-15,19H2,1H3;1H.